The molecule has 0 radical (unpaired) electrons. The summed E-state index contributed by atoms with van der Waals surface area (Å²) in [5.41, 5.74) is 0.663. The number of halogens is 3. The Morgan fingerprint density at radius 3 is 2.48 bits per heavy atom. The molecule has 23 heavy (non-hydrogen) atoms. The molecule has 0 bridgehead atoms. The van der Waals surface area contributed by atoms with Crippen molar-refractivity contribution in [3.05, 3.63) is 63.9 Å². The molecule has 1 N–H and O–H groups in total. The lowest BCUT2D eigenvalue weighted by Gasteiger charge is -2.18. The predicted molar refractivity (Wildman–Crippen MR) is 87.8 cm³/mol. The first-order valence-corrected chi connectivity index (χ1v) is 8.81. The summed E-state index contributed by atoms with van der Waals surface area (Å²) in [6.45, 7) is -0.0302. The fraction of sp³-hybridized carbons (Fsp3) is 0.200. The maximum absolute atomic E-state index is 13.1. The summed E-state index contributed by atoms with van der Waals surface area (Å²) in [5, 5.41) is 0.214. The lowest BCUT2D eigenvalue weighted by atomic mass is 10.1. The van der Waals surface area contributed by atoms with E-state index in [4.69, 9.17) is 27.9 Å². The van der Waals surface area contributed by atoms with Gasteiger partial charge in [0.1, 0.15) is 5.82 Å². The number of hydrogen-bond acceptors (Lipinski definition) is 3. The third-order valence-electron chi connectivity index (χ3n) is 3.20. The Kier molecular flexibility index (Phi) is 6.00. The number of nitrogens with one attached hydrogen (secondary N) is 1. The lowest BCUT2D eigenvalue weighted by molar-refractivity contribution is 0.107. The van der Waals surface area contributed by atoms with E-state index in [0.717, 1.165) is 18.2 Å². The first kappa shape index (κ1) is 18.2. The van der Waals surface area contributed by atoms with Gasteiger partial charge in [-0.2, -0.15) is 0 Å². The number of methoxy groups -OCH3 is 1. The summed E-state index contributed by atoms with van der Waals surface area (Å²) in [4.78, 5) is -0.127. The molecule has 8 heteroatoms. The standard InChI is InChI=1S/C15H14Cl2FNO3S/c1-22-15(11-4-2-3-5-12(11)16)9-19-23(20,21)10-6-7-14(18)13(17)8-10/h2-8,15,19H,9H2,1H3/t15-/m0/s1. The monoisotopic (exact) mass is 377 g/mol. The van der Waals surface area contributed by atoms with Crippen molar-refractivity contribution in [3.63, 3.8) is 0 Å². The van der Waals surface area contributed by atoms with Crippen molar-refractivity contribution >= 4 is 33.2 Å². The number of sulfonamides is 1. The van der Waals surface area contributed by atoms with E-state index in [0.29, 0.717) is 10.6 Å². The van der Waals surface area contributed by atoms with E-state index in [-0.39, 0.29) is 16.5 Å². The van der Waals surface area contributed by atoms with Crippen LogP contribution >= 0.6 is 23.2 Å². The van der Waals surface area contributed by atoms with E-state index in [9.17, 15) is 12.8 Å². The molecule has 0 aliphatic carbocycles. The highest BCUT2D eigenvalue weighted by atomic mass is 35.5. The topological polar surface area (TPSA) is 55.4 Å². The molecule has 0 fully saturated rings. The van der Waals surface area contributed by atoms with E-state index in [2.05, 4.69) is 4.72 Å². The van der Waals surface area contributed by atoms with Gasteiger partial charge in [-0.05, 0) is 24.3 Å². The molecule has 4 nitrogen and oxygen atoms in total. The minimum absolute atomic E-state index is 0.0302. The van der Waals surface area contributed by atoms with Crippen LogP contribution in [0.2, 0.25) is 10.0 Å². The Labute approximate surface area is 144 Å². The first-order valence-electron chi connectivity index (χ1n) is 6.57. The van der Waals surface area contributed by atoms with Gasteiger partial charge in [0.15, 0.2) is 0 Å². The van der Waals surface area contributed by atoms with E-state index in [1.54, 1.807) is 24.3 Å². The van der Waals surface area contributed by atoms with Crippen molar-refractivity contribution in [2.75, 3.05) is 13.7 Å². The second-order valence-corrected chi connectivity index (χ2v) is 7.26. The molecular weight excluding hydrogens is 364 g/mol. The molecule has 0 aliphatic rings. The Morgan fingerprint density at radius 2 is 1.87 bits per heavy atom. The third-order valence-corrected chi connectivity index (χ3v) is 5.25. The highest BCUT2D eigenvalue weighted by molar-refractivity contribution is 7.89. The Morgan fingerprint density at radius 1 is 1.17 bits per heavy atom. The minimum atomic E-state index is -3.85. The third kappa shape index (κ3) is 4.43. The Balaban J connectivity index is 2.17. The fourth-order valence-electron chi connectivity index (χ4n) is 1.97. The van der Waals surface area contributed by atoms with Gasteiger partial charge in [0.25, 0.3) is 0 Å². The number of ether oxygens (including phenoxy) is 1. The van der Waals surface area contributed by atoms with Crippen LogP contribution in [0.1, 0.15) is 11.7 Å². The zero-order chi connectivity index (χ0) is 17.0. The van der Waals surface area contributed by atoms with Gasteiger partial charge in [0, 0.05) is 24.2 Å². The van der Waals surface area contributed by atoms with Crippen LogP contribution in [0.25, 0.3) is 0 Å². The number of rotatable bonds is 6. The van der Waals surface area contributed by atoms with Crippen LogP contribution in [0.4, 0.5) is 4.39 Å². The molecule has 0 heterocycles. The Bertz CT molecular complexity index is 799. The molecule has 0 aliphatic heterocycles. The van der Waals surface area contributed by atoms with Crippen molar-refractivity contribution in [1.29, 1.82) is 0 Å². The molecule has 0 aromatic heterocycles. The van der Waals surface area contributed by atoms with Crippen molar-refractivity contribution in [2.24, 2.45) is 0 Å². The van der Waals surface area contributed by atoms with Gasteiger partial charge < -0.3 is 4.74 Å². The normalized spacial score (nSPS) is 13.0. The largest absolute Gasteiger partial charge is 0.375 e. The molecule has 0 saturated heterocycles. The quantitative estimate of drug-likeness (QED) is 0.832. The average molecular weight is 378 g/mol. The molecule has 0 amide bonds. The molecule has 2 aromatic rings. The fourth-order valence-corrected chi connectivity index (χ4v) is 3.53. The number of hydrogen-bond donors (Lipinski definition) is 1. The van der Waals surface area contributed by atoms with Crippen molar-refractivity contribution in [1.82, 2.24) is 4.72 Å². The van der Waals surface area contributed by atoms with Crippen LogP contribution in [-0.4, -0.2) is 22.1 Å². The zero-order valence-electron chi connectivity index (χ0n) is 12.1. The van der Waals surface area contributed by atoms with Crippen LogP contribution in [0, 0.1) is 5.82 Å². The summed E-state index contributed by atoms with van der Waals surface area (Å²) in [7, 11) is -2.39. The second kappa shape index (κ2) is 7.59. The van der Waals surface area contributed by atoms with Crippen LogP contribution < -0.4 is 4.72 Å². The molecule has 0 unspecified atom stereocenters. The van der Waals surface area contributed by atoms with Crippen molar-refractivity contribution in [3.8, 4) is 0 Å². The minimum Gasteiger partial charge on any atom is -0.375 e. The molecule has 124 valence electrons. The number of benzene rings is 2. The average Bonchev–Trinajstić information content (AvgIpc) is 2.52. The van der Waals surface area contributed by atoms with E-state index in [1.165, 1.54) is 7.11 Å². The van der Waals surface area contributed by atoms with Crippen molar-refractivity contribution in [2.45, 2.75) is 11.0 Å². The predicted octanol–water partition coefficient (Wildman–Crippen LogP) is 3.80. The summed E-state index contributed by atoms with van der Waals surface area (Å²) in [5.74, 6) is -0.684. The lowest BCUT2D eigenvalue weighted by Crippen LogP contribution is -2.29. The molecule has 0 spiro atoms. The van der Waals surface area contributed by atoms with E-state index in [1.807, 2.05) is 0 Å². The molecular formula is C15H14Cl2FNO3S. The van der Waals surface area contributed by atoms with E-state index < -0.39 is 21.9 Å². The van der Waals surface area contributed by atoms with Gasteiger partial charge in [-0.15, -0.1) is 0 Å². The summed E-state index contributed by atoms with van der Waals surface area (Å²) < 4.78 is 45.3. The van der Waals surface area contributed by atoms with Crippen LogP contribution in [0.15, 0.2) is 47.4 Å². The van der Waals surface area contributed by atoms with Crippen molar-refractivity contribution < 1.29 is 17.5 Å². The maximum Gasteiger partial charge on any atom is 0.240 e. The van der Waals surface area contributed by atoms with Gasteiger partial charge in [0.05, 0.1) is 16.0 Å². The van der Waals surface area contributed by atoms with Crippen LogP contribution in [-0.2, 0) is 14.8 Å². The van der Waals surface area contributed by atoms with E-state index >= 15 is 0 Å². The summed E-state index contributed by atoms with van der Waals surface area (Å²) in [6.07, 6.45) is -0.561. The highest BCUT2D eigenvalue weighted by Crippen LogP contribution is 2.25. The summed E-state index contributed by atoms with van der Waals surface area (Å²) in [6, 6.07) is 10.2. The molecule has 1 atom stereocenters. The van der Waals surface area contributed by atoms with Gasteiger partial charge in [-0.3, -0.25) is 0 Å². The second-order valence-electron chi connectivity index (χ2n) is 4.67. The SMILES string of the molecule is CO[C@@H](CNS(=O)(=O)c1ccc(F)c(Cl)c1)c1ccccc1Cl. The molecule has 0 saturated carbocycles. The Hall–Kier alpha value is -1.18. The molecule has 2 aromatic carbocycles. The van der Waals surface area contributed by atoms with Gasteiger partial charge in [-0.25, -0.2) is 17.5 Å². The van der Waals surface area contributed by atoms with Crippen LogP contribution in [0.3, 0.4) is 0 Å². The zero-order valence-corrected chi connectivity index (χ0v) is 14.4. The molecule has 2 rings (SSSR count). The van der Waals surface area contributed by atoms with Gasteiger partial charge >= 0.3 is 0 Å². The maximum atomic E-state index is 13.1. The summed E-state index contributed by atoms with van der Waals surface area (Å²) >= 11 is 11.7. The highest BCUT2D eigenvalue weighted by Gasteiger charge is 2.20. The smallest absolute Gasteiger partial charge is 0.240 e. The van der Waals surface area contributed by atoms with Gasteiger partial charge in [0.2, 0.25) is 10.0 Å². The van der Waals surface area contributed by atoms with Crippen LogP contribution in [0.5, 0.6) is 0 Å². The first-order chi connectivity index (χ1) is 10.8. The van der Waals surface area contributed by atoms with Gasteiger partial charge in [-0.1, -0.05) is 41.4 Å².